The molecule has 0 saturated carbocycles. The van der Waals surface area contributed by atoms with Crippen molar-refractivity contribution in [1.82, 2.24) is 4.90 Å². The Morgan fingerprint density at radius 2 is 1.95 bits per heavy atom. The summed E-state index contributed by atoms with van der Waals surface area (Å²) in [6.45, 7) is 7.02. The van der Waals surface area contributed by atoms with Gasteiger partial charge >= 0.3 is 5.97 Å². The molecular weight excluding hydrogens is 298 g/mol. The third kappa shape index (κ3) is 4.15. The lowest BCUT2D eigenvalue weighted by Crippen LogP contribution is -2.36. The van der Waals surface area contributed by atoms with Gasteiger partial charge in [0.2, 0.25) is 5.91 Å². The molecular formula is C14H18ClNO3S. The molecule has 0 bridgehead atoms. The minimum absolute atomic E-state index is 0.0480. The van der Waals surface area contributed by atoms with E-state index in [9.17, 15) is 9.59 Å². The Morgan fingerprint density at radius 3 is 2.45 bits per heavy atom. The normalized spacial score (nSPS) is 12.0. The lowest BCUT2D eigenvalue weighted by molar-refractivity contribution is -0.129. The van der Waals surface area contributed by atoms with Crippen LogP contribution < -0.4 is 0 Å². The molecule has 6 heteroatoms. The third-order valence-electron chi connectivity index (χ3n) is 2.90. The van der Waals surface area contributed by atoms with E-state index in [1.807, 2.05) is 20.8 Å². The van der Waals surface area contributed by atoms with Crippen molar-refractivity contribution in [1.29, 1.82) is 0 Å². The van der Waals surface area contributed by atoms with Crippen LogP contribution in [0.15, 0.2) is 23.1 Å². The molecule has 4 nitrogen and oxygen atoms in total. The number of carboxylic acids is 1. The van der Waals surface area contributed by atoms with Crippen molar-refractivity contribution in [2.75, 3.05) is 13.1 Å². The van der Waals surface area contributed by atoms with Gasteiger partial charge in [0.05, 0.1) is 15.8 Å². The fourth-order valence-corrected chi connectivity index (χ4v) is 2.98. The SMILES string of the molecule is CCN(CC)C(=O)C(C)Sc1ccc(Cl)c(C(=O)O)c1. The fraction of sp³-hybridized carbons (Fsp3) is 0.429. The van der Waals surface area contributed by atoms with Crippen LogP contribution in [0.3, 0.4) is 0 Å². The molecule has 0 aliphatic heterocycles. The number of carbonyl (C=O) groups excluding carboxylic acids is 1. The van der Waals surface area contributed by atoms with Gasteiger partial charge in [-0.05, 0) is 39.0 Å². The van der Waals surface area contributed by atoms with Gasteiger partial charge in [0.1, 0.15) is 0 Å². The second kappa shape index (κ2) is 7.55. The predicted octanol–water partition coefficient (Wildman–Crippen LogP) is 3.39. The number of amides is 1. The number of halogens is 1. The number of benzene rings is 1. The van der Waals surface area contributed by atoms with E-state index in [2.05, 4.69) is 0 Å². The maximum Gasteiger partial charge on any atom is 0.337 e. The van der Waals surface area contributed by atoms with Crippen LogP contribution in [0.25, 0.3) is 0 Å². The summed E-state index contributed by atoms with van der Waals surface area (Å²) in [6, 6.07) is 4.77. The summed E-state index contributed by atoms with van der Waals surface area (Å²) >= 11 is 7.16. The highest BCUT2D eigenvalue weighted by Crippen LogP contribution is 2.28. The van der Waals surface area contributed by atoms with Gasteiger partial charge in [-0.3, -0.25) is 4.79 Å². The molecule has 1 rings (SSSR count). The Morgan fingerprint density at radius 1 is 1.35 bits per heavy atom. The van der Waals surface area contributed by atoms with Crippen molar-refractivity contribution in [3.8, 4) is 0 Å². The van der Waals surface area contributed by atoms with Gasteiger partial charge in [-0.1, -0.05) is 11.6 Å². The van der Waals surface area contributed by atoms with Gasteiger partial charge in [-0.15, -0.1) is 11.8 Å². The second-order valence-corrected chi connectivity index (χ2v) is 6.04. The molecule has 0 aliphatic carbocycles. The molecule has 1 N–H and O–H groups in total. The first-order valence-electron chi connectivity index (χ1n) is 6.38. The minimum Gasteiger partial charge on any atom is -0.478 e. The summed E-state index contributed by atoms with van der Waals surface area (Å²) in [5.74, 6) is -1.02. The van der Waals surface area contributed by atoms with Crippen LogP contribution in [0.4, 0.5) is 0 Å². The van der Waals surface area contributed by atoms with E-state index < -0.39 is 5.97 Å². The van der Waals surface area contributed by atoms with E-state index in [1.54, 1.807) is 17.0 Å². The first kappa shape index (κ1) is 16.9. The van der Waals surface area contributed by atoms with Crippen molar-refractivity contribution >= 4 is 35.2 Å². The highest BCUT2D eigenvalue weighted by Gasteiger charge is 2.20. The topological polar surface area (TPSA) is 57.6 Å². The molecule has 0 radical (unpaired) electrons. The summed E-state index contributed by atoms with van der Waals surface area (Å²) in [5, 5.41) is 8.96. The molecule has 0 aromatic heterocycles. The zero-order valence-corrected chi connectivity index (χ0v) is 13.3. The minimum atomic E-state index is -1.07. The van der Waals surface area contributed by atoms with E-state index in [0.29, 0.717) is 13.1 Å². The zero-order valence-electron chi connectivity index (χ0n) is 11.7. The largest absolute Gasteiger partial charge is 0.478 e. The van der Waals surface area contributed by atoms with E-state index in [-0.39, 0.29) is 21.7 Å². The maximum atomic E-state index is 12.2. The average molecular weight is 316 g/mol. The molecule has 0 spiro atoms. The van der Waals surface area contributed by atoms with Gasteiger partial charge in [0.15, 0.2) is 0 Å². The van der Waals surface area contributed by atoms with Crippen LogP contribution in [0.1, 0.15) is 31.1 Å². The van der Waals surface area contributed by atoms with Crippen LogP contribution >= 0.6 is 23.4 Å². The number of aromatic carboxylic acids is 1. The van der Waals surface area contributed by atoms with Gasteiger partial charge in [0.25, 0.3) is 0 Å². The first-order valence-corrected chi connectivity index (χ1v) is 7.64. The van der Waals surface area contributed by atoms with E-state index in [0.717, 1.165) is 4.90 Å². The summed E-state index contributed by atoms with van der Waals surface area (Å²) < 4.78 is 0. The molecule has 1 amide bonds. The maximum absolute atomic E-state index is 12.2. The number of thioether (sulfide) groups is 1. The highest BCUT2D eigenvalue weighted by atomic mass is 35.5. The van der Waals surface area contributed by atoms with Crippen molar-refractivity contribution in [3.05, 3.63) is 28.8 Å². The quantitative estimate of drug-likeness (QED) is 0.818. The molecule has 1 aromatic rings. The summed E-state index contributed by atoms with van der Waals surface area (Å²) in [5.41, 5.74) is 0.0548. The van der Waals surface area contributed by atoms with Crippen LogP contribution in [-0.2, 0) is 4.79 Å². The first-order chi connectivity index (χ1) is 9.40. The Balaban J connectivity index is 2.85. The standard InChI is InChI=1S/C14H18ClNO3S/c1-4-16(5-2)13(17)9(3)20-10-6-7-12(15)11(8-10)14(18)19/h6-9H,4-5H2,1-3H3,(H,18,19). The Bertz CT molecular complexity index is 503. The molecule has 0 fully saturated rings. The Hall–Kier alpha value is -1.20. The summed E-state index contributed by atoms with van der Waals surface area (Å²) in [6.07, 6.45) is 0. The number of carbonyl (C=O) groups is 2. The van der Waals surface area contributed by atoms with E-state index in [4.69, 9.17) is 16.7 Å². The second-order valence-electron chi connectivity index (χ2n) is 4.22. The van der Waals surface area contributed by atoms with E-state index in [1.165, 1.54) is 17.8 Å². The fourth-order valence-electron chi connectivity index (χ4n) is 1.79. The number of nitrogens with zero attached hydrogens (tertiary/aromatic N) is 1. The number of hydrogen-bond donors (Lipinski definition) is 1. The van der Waals surface area contributed by atoms with Gasteiger partial charge < -0.3 is 10.0 Å². The zero-order chi connectivity index (χ0) is 15.3. The molecule has 1 atom stereocenters. The Labute approximate surface area is 128 Å². The monoisotopic (exact) mass is 315 g/mol. The van der Waals surface area contributed by atoms with Crippen molar-refractivity contribution in [2.24, 2.45) is 0 Å². The van der Waals surface area contributed by atoms with Crippen molar-refractivity contribution in [3.63, 3.8) is 0 Å². The van der Waals surface area contributed by atoms with Gasteiger partial charge in [-0.25, -0.2) is 4.79 Å². The predicted molar refractivity (Wildman–Crippen MR) is 81.7 cm³/mol. The Kier molecular flexibility index (Phi) is 6.36. The van der Waals surface area contributed by atoms with Crippen molar-refractivity contribution < 1.29 is 14.7 Å². The summed E-state index contributed by atoms with van der Waals surface area (Å²) in [4.78, 5) is 25.7. The van der Waals surface area contributed by atoms with Crippen molar-refractivity contribution in [2.45, 2.75) is 30.9 Å². The average Bonchev–Trinajstić information content (AvgIpc) is 2.41. The molecule has 0 heterocycles. The molecule has 1 unspecified atom stereocenters. The smallest absolute Gasteiger partial charge is 0.337 e. The molecule has 110 valence electrons. The number of hydrogen-bond acceptors (Lipinski definition) is 3. The van der Waals surface area contributed by atoms with Crippen LogP contribution in [-0.4, -0.2) is 40.2 Å². The highest BCUT2D eigenvalue weighted by molar-refractivity contribution is 8.00. The van der Waals surface area contributed by atoms with E-state index >= 15 is 0 Å². The molecule has 0 aliphatic rings. The summed E-state index contributed by atoms with van der Waals surface area (Å²) in [7, 11) is 0. The van der Waals surface area contributed by atoms with Crippen LogP contribution in [0.5, 0.6) is 0 Å². The molecule has 1 aromatic carbocycles. The molecule has 20 heavy (non-hydrogen) atoms. The third-order valence-corrected chi connectivity index (χ3v) is 4.31. The number of rotatable bonds is 6. The number of carboxylic acid groups (broad SMARTS) is 1. The van der Waals surface area contributed by atoms with Gasteiger partial charge in [0, 0.05) is 18.0 Å². The van der Waals surface area contributed by atoms with Crippen LogP contribution in [0.2, 0.25) is 5.02 Å². The molecule has 0 saturated heterocycles. The van der Waals surface area contributed by atoms with Crippen LogP contribution in [0, 0.1) is 0 Å². The van der Waals surface area contributed by atoms with Gasteiger partial charge in [-0.2, -0.15) is 0 Å². The lowest BCUT2D eigenvalue weighted by atomic mass is 10.2. The lowest BCUT2D eigenvalue weighted by Gasteiger charge is -2.22.